The molecule has 16 heavy (non-hydrogen) atoms. The van der Waals surface area contributed by atoms with Crippen LogP contribution in [-0.2, 0) is 0 Å². The molecule has 0 radical (unpaired) electrons. The highest BCUT2D eigenvalue weighted by Crippen LogP contribution is 2.09. The molecule has 0 aliphatic heterocycles. The number of carbonyl (C=O) groups excluding carboxylic acids is 1. The Morgan fingerprint density at radius 1 is 1.56 bits per heavy atom. The number of hydrogen-bond donors (Lipinski definition) is 3. The van der Waals surface area contributed by atoms with Crippen LogP contribution in [0.15, 0.2) is 18.2 Å². The molecule has 0 saturated carbocycles. The molecule has 0 atom stereocenters. The van der Waals surface area contributed by atoms with Gasteiger partial charge in [-0.05, 0) is 6.07 Å². The lowest BCUT2D eigenvalue weighted by atomic mass is 10.4. The molecule has 0 fully saturated rings. The van der Waals surface area contributed by atoms with Crippen molar-refractivity contribution in [1.82, 2.24) is 15.7 Å². The number of amides is 2. The second-order valence-electron chi connectivity index (χ2n) is 2.76. The highest BCUT2D eigenvalue weighted by atomic mass is 35.5. The molecule has 1 rings (SSSR count). The van der Waals surface area contributed by atoms with Gasteiger partial charge in [0.25, 0.3) is 0 Å². The first-order valence-electron chi connectivity index (χ1n) is 4.63. The Hall–Kier alpha value is -1.69. The normalized spacial score (nSPS) is 9.38. The van der Waals surface area contributed by atoms with Gasteiger partial charge in [-0.1, -0.05) is 6.07 Å². The van der Waals surface area contributed by atoms with Crippen molar-refractivity contribution in [3.63, 3.8) is 0 Å². The van der Waals surface area contributed by atoms with Gasteiger partial charge in [-0.15, -0.1) is 11.6 Å². The largest absolute Gasteiger partial charge is 0.481 e. The van der Waals surface area contributed by atoms with Gasteiger partial charge < -0.3 is 10.1 Å². The predicted octanol–water partition coefficient (Wildman–Crippen LogP) is 0.955. The number of alkyl halides is 1. The van der Waals surface area contributed by atoms with Crippen molar-refractivity contribution in [2.45, 2.75) is 0 Å². The summed E-state index contributed by atoms with van der Waals surface area (Å²) in [5.41, 5.74) is 5.04. The minimum atomic E-state index is -0.370. The fraction of sp³-hybridized carbons (Fsp3) is 0.333. The Balaban J connectivity index is 2.38. The minimum Gasteiger partial charge on any atom is -0.481 e. The van der Waals surface area contributed by atoms with Crippen LogP contribution in [-0.4, -0.2) is 30.5 Å². The molecule has 0 spiro atoms. The molecule has 6 nitrogen and oxygen atoms in total. The standard InChI is InChI=1S/C9H13ClN4O2/c1-16-8-4-2-3-7(12-8)13-14-9(15)11-6-5-10/h2-4H,5-6H2,1H3,(H,12,13)(H2,11,14,15). The smallest absolute Gasteiger partial charge is 0.333 e. The first kappa shape index (κ1) is 12.4. The molecule has 0 aromatic carbocycles. The Bertz CT molecular complexity index is 348. The van der Waals surface area contributed by atoms with E-state index in [4.69, 9.17) is 16.3 Å². The quantitative estimate of drug-likeness (QED) is 0.533. The summed E-state index contributed by atoms with van der Waals surface area (Å²) in [5.74, 6) is 1.32. The Kier molecular flexibility index (Phi) is 5.21. The first-order chi connectivity index (χ1) is 7.76. The second kappa shape index (κ2) is 6.73. The molecule has 1 aromatic heterocycles. The van der Waals surface area contributed by atoms with Gasteiger partial charge in [0.1, 0.15) is 5.82 Å². The van der Waals surface area contributed by atoms with E-state index in [0.29, 0.717) is 24.1 Å². The number of hydrazine groups is 1. The van der Waals surface area contributed by atoms with Gasteiger partial charge in [0.2, 0.25) is 5.88 Å². The summed E-state index contributed by atoms with van der Waals surface area (Å²) in [6, 6.07) is 4.79. The number of anilines is 1. The van der Waals surface area contributed by atoms with Crippen molar-refractivity contribution >= 4 is 23.4 Å². The molecular formula is C9H13ClN4O2. The number of methoxy groups -OCH3 is 1. The number of carbonyl (C=O) groups is 1. The van der Waals surface area contributed by atoms with Crippen LogP contribution >= 0.6 is 11.6 Å². The SMILES string of the molecule is COc1cccc(NNC(=O)NCCCl)n1. The van der Waals surface area contributed by atoms with Crippen LogP contribution in [0.1, 0.15) is 0 Å². The highest BCUT2D eigenvalue weighted by Gasteiger charge is 1.99. The predicted molar refractivity (Wildman–Crippen MR) is 61.7 cm³/mol. The van der Waals surface area contributed by atoms with E-state index >= 15 is 0 Å². The molecule has 0 bridgehead atoms. The molecule has 88 valence electrons. The Labute approximate surface area is 98.3 Å². The van der Waals surface area contributed by atoms with Crippen LogP contribution in [0.3, 0.4) is 0 Å². The maximum absolute atomic E-state index is 11.1. The zero-order valence-electron chi connectivity index (χ0n) is 8.79. The zero-order chi connectivity index (χ0) is 11.8. The lowest BCUT2D eigenvalue weighted by Gasteiger charge is -2.08. The number of urea groups is 1. The average molecular weight is 245 g/mol. The number of pyridine rings is 1. The molecule has 1 heterocycles. The van der Waals surface area contributed by atoms with E-state index in [0.717, 1.165) is 0 Å². The monoisotopic (exact) mass is 244 g/mol. The summed E-state index contributed by atoms with van der Waals surface area (Å²) in [4.78, 5) is 15.2. The van der Waals surface area contributed by atoms with E-state index in [2.05, 4.69) is 21.2 Å². The van der Waals surface area contributed by atoms with Gasteiger partial charge in [0, 0.05) is 18.5 Å². The van der Waals surface area contributed by atoms with E-state index in [-0.39, 0.29) is 6.03 Å². The minimum absolute atomic E-state index is 0.366. The number of halogens is 1. The van der Waals surface area contributed by atoms with Crippen LogP contribution in [0.2, 0.25) is 0 Å². The number of nitrogens with zero attached hydrogens (tertiary/aromatic N) is 1. The van der Waals surface area contributed by atoms with Crippen LogP contribution in [0.5, 0.6) is 5.88 Å². The van der Waals surface area contributed by atoms with E-state index in [1.54, 1.807) is 18.2 Å². The van der Waals surface area contributed by atoms with Crippen molar-refractivity contribution in [3.8, 4) is 5.88 Å². The number of ether oxygens (including phenoxy) is 1. The summed E-state index contributed by atoms with van der Waals surface area (Å²) in [6.07, 6.45) is 0. The molecular weight excluding hydrogens is 232 g/mol. The van der Waals surface area contributed by atoms with Crippen molar-refractivity contribution in [2.75, 3.05) is 25.0 Å². The summed E-state index contributed by atoms with van der Waals surface area (Å²) in [6.45, 7) is 0.403. The molecule has 2 amide bonds. The third-order valence-electron chi connectivity index (χ3n) is 1.62. The van der Waals surface area contributed by atoms with Crippen molar-refractivity contribution < 1.29 is 9.53 Å². The fourth-order valence-corrected chi connectivity index (χ4v) is 1.02. The summed E-state index contributed by atoms with van der Waals surface area (Å²) in [5, 5.41) is 2.53. The van der Waals surface area contributed by atoms with Crippen molar-refractivity contribution in [2.24, 2.45) is 0 Å². The molecule has 0 aliphatic carbocycles. The van der Waals surface area contributed by atoms with Gasteiger partial charge >= 0.3 is 6.03 Å². The molecule has 1 aromatic rings. The second-order valence-corrected chi connectivity index (χ2v) is 3.14. The van der Waals surface area contributed by atoms with E-state index in [1.807, 2.05) is 0 Å². The number of aromatic nitrogens is 1. The number of rotatable bonds is 5. The van der Waals surface area contributed by atoms with E-state index in [1.165, 1.54) is 7.11 Å². The van der Waals surface area contributed by atoms with Gasteiger partial charge in [0.05, 0.1) is 7.11 Å². The van der Waals surface area contributed by atoms with E-state index in [9.17, 15) is 4.79 Å². The van der Waals surface area contributed by atoms with E-state index < -0.39 is 0 Å². The lowest BCUT2D eigenvalue weighted by Crippen LogP contribution is -2.39. The number of nitrogens with one attached hydrogen (secondary N) is 3. The topological polar surface area (TPSA) is 75.3 Å². The Morgan fingerprint density at radius 3 is 3.06 bits per heavy atom. The third-order valence-corrected chi connectivity index (χ3v) is 1.81. The van der Waals surface area contributed by atoms with Crippen LogP contribution in [0.25, 0.3) is 0 Å². The van der Waals surface area contributed by atoms with Crippen LogP contribution < -0.4 is 20.9 Å². The fourth-order valence-electron chi connectivity index (χ4n) is 0.924. The van der Waals surface area contributed by atoms with Crippen molar-refractivity contribution in [1.29, 1.82) is 0 Å². The molecule has 0 unspecified atom stereocenters. The third kappa shape index (κ3) is 4.22. The highest BCUT2D eigenvalue weighted by molar-refractivity contribution is 6.18. The van der Waals surface area contributed by atoms with Crippen LogP contribution in [0.4, 0.5) is 10.6 Å². The molecule has 0 aliphatic rings. The average Bonchev–Trinajstić information content (AvgIpc) is 2.34. The molecule has 7 heteroatoms. The molecule has 0 saturated heterocycles. The Morgan fingerprint density at radius 2 is 2.38 bits per heavy atom. The molecule has 3 N–H and O–H groups in total. The number of hydrogen-bond acceptors (Lipinski definition) is 4. The summed E-state index contributed by atoms with van der Waals surface area (Å²) >= 11 is 5.41. The van der Waals surface area contributed by atoms with Crippen LogP contribution in [0, 0.1) is 0 Å². The van der Waals surface area contributed by atoms with Gasteiger partial charge in [0.15, 0.2) is 0 Å². The maximum atomic E-state index is 11.1. The summed E-state index contributed by atoms with van der Waals surface area (Å²) in [7, 11) is 1.52. The lowest BCUT2D eigenvalue weighted by molar-refractivity contribution is 0.243. The van der Waals surface area contributed by atoms with Gasteiger partial charge in [-0.2, -0.15) is 4.98 Å². The zero-order valence-corrected chi connectivity index (χ0v) is 9.54. The van der Waals surface area contributed by atoms with Gasteiger partial charge in [-0.3, -0.25) is 10.9 Å². The summed E-state index contributed by atoms with van der Waals surface area (Å²) < 4.78 is 4.93. The van der Waals surface area contributed by atoms with Gasteiger partial charge in [-0.25, -0.2) is 4.79 Å². The van der Waals surface area contributed by atoms with Crippen molar-refractivity contribution in [3.05, 3.63) is 18.2 Å². The maximum Gasteiger partial charge on any atom is 0.333 e. The first-order valence-corrected chi connectivity index (χ1v) is 5.16.